The number of hydrogen-bond donors (Lipinski definition) is 2. The number of likely N-dealkylation sites (N-methyl/N-ethyl adjacent to an activating group) is 1. The molecule has 23 heavy (non-hydrogen) atoms. The molecule has 8 nitrogen and oxygen atoms in total. The van der Waals surface area contributed by atoms with Crippen LogP contribution in [0.25, 0.3) is 0 Å². The second-order valence-electron chi connectivity index (χ2n) is 6.33. The summed E-state index contributed by atoms with van der Waals surface area (Å²) in [6.07, 6.45) is -4.20. The Morgan fingerprint density at radius 3 is 2.26 bits per heavy atom. The van der Waals surface area contributed by atoms with Crippen molar-refractivity contribution >= 4 is 0 Å². The molecule has 0 bridgehead atoms. The molecule has 0 spiro atoms. The van der Waals surface area contributed by atoms with Gasteiger partial charge in [-0.25, -0.2) is 0 Å². The molecule has 0 aromatic rings. The minimum absolute atomic E-state index is 0.225. The standard InChI is InChI=1S/C15H29NO7/c1-8-13(19-4)12(18)14(20-5)15(22-8)23-10-7-21-6-9(17)11(10)16(2)3/h8-15,17-18H,6-7H2,1-5H3. The molecule has 2 fully saturated rings. The van der Waals surface area contributed by atoms with Crippen molar-refractivity contribution in [2.45, 2.75) is 55.9 Å². The van der Waals surface area contributed by atoms with Crippen LogP contribution in [0.4, 0.5) is 0 Å². The Kier molecular flexibility index (Phi) is 6.76. The largest absolute Gasteiger partial charge is 0.389 e. The summed E-state index contributed by atoms with van der Waals surface area (Å²) in [7, 11) is 6.77. The van der Waals surface area contributed by atoms with Gasteiger partial charge < -0.3 is 38.8 Å². The monoisotopic (exact) mass is 335 g/mol. The van der Waals surface area contributed by atoms with Crippen LogP contribution in [0.2, 0.25) is 0 Å². The zero-order valence-corrected chi connectivity index (χ0v) is 14.4. The van der Waals surface area contributed by atoms with E-state index in [2.05, 4.69) is 0 Å². The second kappa shape index (κ2) is 8.17. The third kappa shape index (κ3) is 4.02. The summed E-state index contributed by atoms with van der Waals surface area (Å²) in [4.78, 5) is 1.90. The molecule has 2 rings (SSSR count). The van der Waals surface area contributed by atoms with E-state index in [0.29, 0.717) is 6.61 Å². The predicted molar refractivity (Wildman–Crippen MR) is 81.1 cm³/mol. The van der Waals surface area contributed by atoms with Gasteiger partial charge in [-0.1, -0.05) is 0 Å². The second-order valence-corrected chi connectivity index (χ2v) is 6.33. The zero-order chi connectivity index (χ0) is 17.1. The Bertz CT molecular complexity index is 370. The van der Waals surface area contributed by atoms with Crippen molar-refractivity contribution in [3.63, 3.8) is 0 Å². The average molecular weight is 335 g/mol. The lowest BCUT2D eigenvalue weighted by atomic mass is 9.98. The maximum absolute atomic E-state index is 10.4. The number of ether oxygens (including phenoxy) is 5. The molecule has 8 heteroatoms. The summed E-state index contributed by atoms with van der Waals surface area (Å²) < 4.78 is 27.9. The molecule has 0 radical (unpaired) electrons. The van der Waals surface area contributed by atoms with E-state index in [0.717, 1.165) is 0 Å². The Morgan fingerprint density at radius 2 is 1.70 bits per heavy atom. The quantitative estimate of drug-likeness (QED) is 0.650. The summed E-state index contributed by atoms with van der Waals surface area (Å²) in [6.45, 7) is 2.43. The van der Waals surface area contributed by atoms with Gasteiger partial charge in [0.25, 0.3) is 0 Å². The molecule has 2 heterocycles. The molecule has 2 aliphatic heterocycles. The topological polar surface area (TPSA) is 89.9 Å². The van der Waals surface area contributed by atoms with Crippen LogP contribution in [-0.2, 0) is 23.7 Å². The van der Waals surface area contributed by atoms with Crippen molar-refractivity contribution < 1.29 is 33.9 Å². The fraction of sp³-hybridized carbons (Fsp3) is 1.00. The Labute approximate surface area is 137 Å². The van der Waals surface area contributed by atoms with Crippen molar-refractivity contribution in [1.82, 2.24) is 4.90 Å². The van der Waals surface area contributed by atoms with Gasteiger partial charge >= 0.3 is 0 Å². The SMILES string of the molecule is COC1C(C)OC(OC2COCC(O)C2N(C)C)C(OC)C1O. The number of hydrogen-bond acceptors (Lipinski definition) is 8. The highest BCUT2D eigenvalue weighted by molar-refractivity contribution is 4.92. The van der Waals surface area contributed by atoms with Crippen LogP contribution in [0.5, 0.6) is 0 Å². The molecule has 0 aromatic heterocycles. The lowest BCUT2D eigenvalue weighted by Crippen LogP contribution is -2.62. The Hall–Kier alpha value is -0.320. The molecule has 0 aliphatic carbocycles. The van der Waals surface area contributed by atoms with Crippen LogP contribution in [0.3, 0.4) is 0 Å². The highest BCUT2D eigenvalue weighted by atomic mass is 16.7. The molecule has 2 aliphatic rings. The number of aliphatic hydroxyl groups is 2. The zero-order valence-electron chi connectivity index (χ0n) is 14.4. The van der Waals surface area contributed by atoms with Gasteiger partial charge in [-0.2, -0.15) is 0 Å². The minimum atomic E-state index is -0.869. The van der Waals surface area contributed by atoms with Crippen LogP contribution in [0.15, 0.2) is 0 Å². The molecule has 0 aromatic carbocycles. The third-order valence-corrected chi connectivity index (χ3v) is 4.55. The maximum Gasteiger partial charge on any atom is 0.187 e. The normalized spacial score (nSPS) is 45.4. The summed E-state index contributed by atoms with van der Waals surface area (Å²) in [5.41, 5.74) is 0. The highest BCUT2D eigenvalue weighted by Gasteiger charge is 2.47. The van der Waals surface area contributed by atoms with Gasteiger partial charge in [0.15, 0.2) is 6.29 Å². The number of methoxy groups -OCH3 is 2. The van der Waals surface area contributed by atoms with Crippen molar-refractivity contribution in [3.05, 3.63) is 0 Å². The van der Waals surface area contributed by atoms with E-state index in [9.17, 15) is 10.2 Å². The third-order valence-electron chi connectivity index (χ3n) is 4.55. The molecule has 2 N–H and O–H groups in total. The van der Waals surface area contributed by atoms with Gasteiger partial charge in [0, 0.05) is 14.2 Å². The van der Waals surface area contributed by atoms with Crippen molar-refractivity contribution in [2.75, 3.05) is 41.5 Å². The number of rotatable bonds is 5. The Morgan fingerprint density at radius 1 is 1.04 bits per heavy atom. The first-order valence-corrected chi connectivity index (χ1v) is 7.87. The average Bonchev–Trinajstić information content (AvgIpc) is 2.47. The maximum atomic E-state index is 10.4. The van der Waals surface area contributed by atoms with E-state index in [1.807, 2.05) is 25.9 Å². The van der Waals surface area contributed by atoms with Crippen LogP contribution >= 0.6 is 0 Å². The van der Waals surface area contributed by atoms with E-state index in [-0.39, 0.29) is 18.8 Å². The van der Waals surface area contributed by atoms with Crippen LogP contribution < -0.4 is 0 Å². The molecular formula is C15H29NO7. The van der Waals surface area contributed by atoms with Gasteiger partial charge in [-0.05, 0) is 21.0 Å². The minimum Gasteiger partial charge on any atom is -0.389 e. The summed E-state index contributed by atoms with van der Waals surface area (Å²) in [5.74, 6) is 0. The molecule has 8 atom stereocenters. The predicted octanol–water partition coefficient (Wildman–Crippen LogP) is -1.17. The molecule has 0 saturated carbocycles. The van der Waals surface area contributed by atoms with Gasteiger partial charge in [-0.15, -0.1) is 0 Å². The summed E-state index contributed by atoms with van der Waals surface area (Å²) in [5, 5.41) is 20.6. The summed E-state index contributed by atoms with van der Waals surface area (Å²) >= 11 is 0. The van der Waals surface area contributed by atoms with Gasteiger partial charge in [-0.3, -0.25) is 0 Å². The van der Waals surface area contributed by atoms with E-state index in [4.69, 9.17) is 23.7 Å². The fourth-order valence-electron chi connectivity index (χ4n) is 3.40. The Balaban J connectivity index is 2.10. The fourth-order valence-corrected chi connectivity index (χ4v) is 3.40. The molecule has 0 amide bonds. The first-order valence-electron chi connectivity index (χ1n) is 7.87. The molecule has 2 saturated heterocycles. The van der Waals surface area contributed by atoms with Gasteiger partial charge in [0.05, 0.1) is 31.5 Å². The molecule has 8 unspecified atom stereocenters. The smallest absolute Gasteiger partial charge is 0.187 e. The van der Waals surface area contributed by atoms with Crippen LogP contribution in [0.1, 0.15) is 6.92 Å². The highest BCUT2D eigenvalue weighted by Crippen LogP contribution is 2.28. The van der Waals surface area contributed by atoms with E-state index in [1.54, 1.807) is 0 Å². The lowest BCUT2D eigenvalue weighted by Gasteiger charge is -2.46. The lowest BCUT2D eigenvalue weighted by molar-refractivity contribution is -0.323. The van der Waals surface area contributed by atoms with Crippen LogP contribution in [-0.4, -0.2) is 106 Å². The van der Waals surface area contributed by atoms with Gasteiger partial charge in [0.1, 0.15) is 24.4 Å². The van der Waals surface area contributed by atoms with Crippen molar-refractivity contribution in [1.29, 1.82) is 0 Å². The van der Waals surface area contributed by atoms with Crippen molar-refractivity contribution in [2.24, 2.45) is 0 Å². The summed E-state index contributed by atoms with van der Waals surface area (Å²) in [6, 6.07) is -0.225. The molecule has 136 valence electrons. The first kappa shape index (κ1) is 19.0. The van der Waals surface area contributed by atoms with Gasteiger partial charge in [0.2, 0.25) is 0 Å². The molecular weight excluding hydrogens is 306 g/mol. The number of nitrogens with zero attached hydrogens (tertiary/aromatic N) is 1. The first-order chi connectivity index (χ1) is 10.9. The van der Waals surface area contributed by atoms with Crippen LogP contribution in [0, 0.1) is 0 Å². The van der Waals surface area contributed by atoms with E-state index >= 15 is 0 Å². The van der Waals surface area contributed by atoms with E-state index in [1.165, 1.54) is 14.2 Å². The number of aliphatic hydroxyl groups excluding tert-OH is 2. The van der Waals surface area contributed by atoms with E-state index < -0.39 is 36.8 Å². The van der Waals surface area contributed by atoms with Crippen molar-refractivity contribution in [3.8, 4) is 0 Å².